The summed E-state index contributed by atoms with van der Waals surface area (Å²) in [6, 6.07) is 11.9. The highest BCUT2D eigenvalue weighted by molar-refractivity contribution is 7.19. The van der Waals surface area contributed by atoms with Crippen LogP contribution in [0.5, 0.6) is 0 Å². The molecule has 6 heteroatoms. The molecule has 1 aliphatic rings. The molecule has 0 atom stereocenters. The maximum absolute atomic E-state index is 12.8. The Morgan fingerprint density at radius 2 is 1.87 bits per heavy atom. The van der Waals surface area contributed by atoms with Crippen LogP contribution in [0.2, 0.25) is 4.34 Å². The Morgan fingerprint density at radius 3 is 2.61 bits per heavy atom. The third-order valence-corrected chi connectivity index (χ3v) is 5.55. The van der Waals surface area contributed by atoms with E-state index in [1.165, 1.54) is 5.00 Å². The van der Waals surface area contributed by atoms with E-state index in [1.807, 2.05) is 47.5 Å². The van der Waals surface area contributed by atoms with Gasteiger partial charge < -0.3 is 14.8 Å². The summed E-state index contributed by atoms with van der Waals surface area (Å²) in [5.41, 5.74) is 1.76. The lowest BCUT2D eigenvalue weighted by Crippen LogP contribution is -2.48. The molecule has 23 heavy (non-hydrogen) atoms. The van der Waals surface area contributed by atoms with Gasteiger partial charge in [-0.05, 0) is 18.2 Å². The number of amides is 1. The van der Waals surface area contributed by atoms with Crippen molar-refractivity contribution >= 4 is 44.7 Å². The van der Waals surface area contributed by atoms with Crippen molar-refractivity contribution < 1.29 is 4.79 Å². The van der Waals surface area contributed by atoms with Crippen molar-refractivity contribution in [3.05, 3.63) is 52.5 Å². The van der Waals surface area contributed by atoms with E-state index in [9.17, 15) is 4.79 Å². The second kappa shape index (κ2) is 5.91. The van der Waals surface area contributed by atoms with E-state index in [-0.39, 0.29) is 5.91 Å². The zero-order chi connectivity index (χ0) is 15.8. The first-order valence-electron chi connectivity index (χ1n) is 7.58. The Bertz CT molecular complexity index is 848. The molecule has 118 valence electrons. The average molecular weight is 346 g/mol. The SMILES string of the molecule is O=C(c1c[nH]c2ccccc12)N1CCN(c2ccc(Cl)s2)CC1. The number of H-pyrrole nitrogens is 1. The fourth-order valence-electron chi connectivity index (χ4n) is 3.02. The number of aromatic amines is 1. The number of carbonyl (C=O) groups is 1. The van der Waals surface area contributed by atoms with Gasteiger partial charge in [0.25, 0.3) is 5.91 Å². The molecule has 1 saturated heterocycles. The summed E-state index contributed by atoms with van der Waals surface area (Å²) < 4.78 is 0.803. The second-order valence-electron chi connectivity index (χ2n) is 5.60. The molecule has 1 aromatic carbocycles. The molecule has 1 aliphatic heterocycles. The molecular weight excluding hydrogens is 330 g/mol. The third kappa shape index (κ3) is 2.71. The van der Waals surface area contributed by atoms with E-state index in [0.717, 1.165) is 47.0 Å². The molecule has 3 aromatic rings. The maximum Gasteiger partial charge on any atom is 0.256 e. The number of fused-ring (bicyclic) bond motifs is 1. The molecule has 0 spiro atoms. The number of hydrogen-bond donors (Lipinski definition) is 1. The van der Waals surface area contributed by atoms with E-state index in [1.54, 1.807) is 11.3 Å². The Kier molecular flexibility index (Phi) is 3.75. The molecule has 0 unspecified atom stereocenters. The number of thiophene rings is 1. The summed E-state index contributed by atoms with van der Waals surface area (Å²) in [6.45, 7) is 3.14. The minimum atomic E-state index is 0.103. The van der Waals surface area contributed by atoms with Gasteiger partial charge in [-0.1, -0.05) is 29.8 Å². The van der Waals surface area contributed by atoms with Crippen LogP contribution >= 0.6 is 22.9 Å². The number of nitrogens with zero attached hydrogens (tertiary/aromatic N) is 2. The van der Waals surface area contributed by atoms with Crippen LogP contribution < -0.4 is 4.90 Å². The average Bonchev–Trinajstić information content (AvgIpc) is 3.21. The fraction of sp³-hybridized carbons (Fsp3) is 0.235. The summed E-state index contributed by atoms with van der Waals surface area (Å²) in [5.74, 6) is 0.103. The number of halogens is 1. The fourth-order valence-corrected chi connectivity index (χ4v) is 4.11. The molecule has 0 aliphatic carbocycles. The molecule has 2 aromatic heterocycles. The van der Waals surface area contributed by atoms with Crippen LogP contribution in [0, 0.1) is 0 Å². The molecule has 0 radical (unpaired) electrons. The Labute approximate surface area is 143 Å². The summed E-state index contributed by atoms with van der Waals surface area (Å²) in [4.78, 5) is 20.2. The van der Waals surface area contributed by atoms with Crippen molar-refractivity contribution in [1.82, 2.24) is 9.88 Å². The Hall–Kier alpha value is -1.98. The standard InChI is InChI=1S/C17H16ClN3OS/c18-15-5-6-16(23-15)20-7-9-21(10-8-20)17(22)13-11-19-14-4-2-1-3-12(13)14/h1-6,11,19H,7-10H2. The number of rotatable bonds is 2. The Balaban J connectivity index is 1.49. The van der Waals surface area contributed by atoms with Crippen LogP contribution in [0.1, 0.15) is 10.4 Å². The van der Waals surface area contributed by atoms with E-state index in [0.29, 0.717) is 0 Å². The number of nitrogens with one attached hydrogen (secondary N) is 1. The van der Waals surface area contributed by atoms with Crippen LogP contribution in [0.15, 0.2) is 42.6 Å². The van der Waals surface area contributed by atoms with Gasteiger partial charge >= 0.3 is 0 Å². The third-order valence-electron chi connectivity index (χ3n) is 4.26. The van der Waals surface area contributed by atoms with Crippen LogP contribution in [0.25, 0.3) is 10.9 Å². The molecule has 1 N–H and O–H groups in total. The number of hydrogen-bond acceptors (Lipinski definition) is 3. The van der Waals surface area contributed by atoms with Gasteiger partial charge in [0.15, 0.2) is 0 Å². The van der Waals surface area contributed by atoms with E-state index < -0.39 is 0 Å². The van der Waals surface area contributed by atoms with Crippen molar-refractivity contribution in [2.75, 3.05) is 31.1 Å². The molecular formula is C17H16ClN3OS. The van der Waals surface area contributed by atoms with Crippen molar-refractivity contribution in [1.29, 1.82) is 0 Å². The lowest BCUT2D eigenvalue weighted by atomic mass is 10.1. The van der Waals surface area contributed by atoms with Gasteiger partial charge in [0.2, 0.25) is 0 Å². The van der Waals surface area contributed by atoms with Crippen LogP contribution in [0.3, 0.4) is 0 Å². The first-order valence-corrected chi connectivity index (χ1v) is 8.77. The molecule has 0 bridgehead atoms. The summed E-state index contributed by atoms with van der Waals surface area (Å²) in [7, 11) is 0. The highest BCUT2D eigenvalue weighted by Gasteiger charge is 2.24. The van der Waals surface area contributed by atoms with Gasteiger partial charge in [-0.25, -0.2) is 0 Å². The number of anilines is 1. The molecule has 3 heterocycles. The molecule has 0 saturated carbocycles. The first-order chi connectivity index (χ1) is 11.2. The first kappa shape index (κ1) is 14.6. The normalized spacial score (nSPS) is 15.3. The van der Waals surface area contributed by atoms with Gasteiger partial charge in [-0.15, -0.1) is 11.3 Å². The van der Waals surface area contributed by atoms with E-state index in [2.05, 4.69) is 9.88 Å². The zero-order valence-corrected chi connectivity index (χ0v) is 14.0. The van der Waals surface area contributed by atoms with Crippen molar-refractivity contribution in [2.24, 2.45) is 0 Å². The number of aromatic nitrogens is 1. The van der Waals surface area contributed by atoms with Crippen LogP contribution in [-0.2, 0) is 0 Å². The number of para-hydroxylation sites is 1. The van der Waals surface area contributed by atoms with Gasteiger partial charge in [0, 0.05) is 43.3 Å². The predicted molar refractivity (Wildman–Crippen MR) is 95.7 cm³/mol. The molecule has 4 rings (SSSR count). The minimum absolute atomic E-state index is 0.103. The number of piperazine rings is 1. The van der Waals surface area contributed by atoms with E-state index >= 15 is 0 Å². The van der Waals surface area contributed by atoms with Crippen molar-refractivity contribution in [3.63, 3.8) is 0 Å². The van der Waals surface area contributed by atoms with Crippen molar-refractivity contribution in [2.45, 2.75) is 0 Å². The highest BCUT2D eigenvalue weighted by atomic mass is 35.5. The summed E-state index contributed by atoms with van der Waals surface area (Å²) in [6.07, 6.45) is 1.82. The quantitative estimate of drug-likeness (QED) is 0.766. The molecule has 4 nitrogen and oxygen atoms in total. The molecule has 1 amide bonds. The second-order valence-corrected chi connectivity index (χ2v) is 7.30. The lowest BCUT2D eigenvalue weighted by molar-refractivity contribution is 0.0749. The Morgan fingerprint density at radius 1 is 1.09 bits per heavy atom. The van der Waals surface area contributed by atoms with Gasteiger partial charge in [-0.3, -0.25) is 4.79 Å². The largest absolute Gasteiger partial charge is 0.360 e. The monoisotopic (exact) mass is 345 g/mol. The van der Waals surface area contributed by atoms with E-state index in [4.69, 9.17) is 11.6 Å². The van der Waals surface area contributed by atoms with Gasteiger partial charge in [0.1, 0.15) is 0 Å². The molecule has 1 fully saturated rings. The topological polar surface area (TPSA) is 39.3 Å². The highest BCUT2D eigenvalue weighted by Crippen LogP contribution is 2.30. The summed E-state index contributed by atoms with van der Waals surface area (Å²) in [5, 5.41) is 2.17. The summed E-state index contributed by atoms with van der Waals surface area (Å²) >= 11 is 7.59. The minimum Gasteiger partial charge on any atom is -0.360 e. The maximum atomic E-state index is 12.8. The van der Waals surface area contributed by atoms with Gasteiger partial charge in [-0.2, -0.15) is 0 Å². The van der Waals surface area contributed by atoms with Crippen LogP contribution in [-0.4, -0.2) is 42.0 Å². The predicted octanol–water partition coefficient (Wildman–Crippen LogP) is 3.85. The number of carbonyl (C=O) groups excluding carboxylic acids is 1. The van der Waals surface area contributed by atoms with Gasteiger partial charge in [0.05, 0.1) is 14.9 Å². The van der Waals surface area contributed by atoms with Crippen molar-refractivity contribution in [3.8, 4) is 0 Å². The lowest BCUT2D eigenvalue weighted by Gasteiger charge is -2.35. The zero-order valence-electron chi connectivity index (χ0n) is 12.5. The number of benzene rings is 1. The van der Waals surface area contributed by atoms with Crippen LogP contribution in [0.4, 0.5) is 5.00 Å². The smallest absolute Gasteiger partial charge is 0.256 e.